The van der Waals surface area contributed by atoms with Crippen molar-refractivity contribution in [3.05, 3.63) is 50.9 Å². The predicted molar refractivity (Wildman–Crippen MR) is 84.9 cm³/mol. The highest BCUT2D eigenvalue weighted by Crippen LogP contribution is 2.36. The van der Waals surface area contributed by atoms with Crippen molar-refractivity contribution >= 4 is 37.6 Å². The van der Waals surface area contributed by atoms with Gasteiger partial charge in [0.15, 0.2) is 5.78 Å². The first-order chi connectivity index (χ1) is 9.52. The molecule has 0 radical (unpaired) electrons. The van der Waals surface area contributed by atoms with E-state index in [2.05, 4.69) is 31.9 Å². The number of carbonyl (C=O) groups excluding carboxylic acids is 1. The van der Waals surface area contributed by atoms with Crippen LogP contribution >= 0.6 is 31.9 Å². The van der Waals surface area contributed by atoms with Gasteiger partial charge >= 0.3 is 0 Å². The van der Waals surface area contributed by atoms with Gasteiger partial charge in [-0.3, -0.25) is 4.79 Å². The minimum Gasteiger partial charge on any atom is -0.496 e. The SMILES string of the molecule is COc1cccc(Oc2ccc(Br)cc2Br)c1C(C)=O. The molecular weight excluding hydrogens is 388 g/mol. The molecule has 0 atom stereocenters. The Hall–Kier alpha value is -1.33. The van der Waals surface area contributed by atoms with E-state index in [0.29, 0.717) is 22.8 Å². The van der Waals surface area contributed by atoms with Crippen molar-refractivity contribution in [2.75, 3.05) is 7.11 Å². The molecule has 0 spiro atoms. The van der Waals surface area contributed by atoms with E-state index in [1.165, 1.54) is 14.0 Å². The fourth-order valence-electron chi connectivity index (χ4n) is 1.79. The number of hydrogen-bond donors (Lipinski definition) is 0. The van der Waals surface area contributed by atoms with Gasteiger partial charge in [-0.25, -0.2) is 0 Å². The number of halogens is 2. The van der Waals surface area contributed by atoms with Crippen molar-refractivity contribution in [1.29, 1.82) is 0 Å². The van der Waals surface area contributed by atoms with Gasteiger partial charge in [-0.2, -0.15) is 0 Å². The summed E-state index contributed by atoms with van der Waals surface area (Å²) in [6, 6.07) is 10.8. The summed E-state index contributed by atoms with van der Waals surface area (Å²) in [5.74, 6) is 1.50. The maximum absolute atomic E-state index is 11.8. The lowest BCUT2D eigenvalue weighted by Gasteiger charge is -2.13. The summed E-state index contributed by atoms with van der Waals surface area (Å²) in [7, 11) is 1.53. The lowest BCUT2D eigenvalue weighted by Crippen LogP contribution is -2.01. The van der Waals surface area contributed by atoms with Gasteiger partial charge in [-0.1, -0.05) is 22.0 Å². The summed E-state index contributed by atoms with van der Waals surface area (Å²) in [6.45, 7) is 1.49. The zero-order valence-electron chi connectivity index (χ0n) is 10.9. The highest BCUT2D eigenvalue weighted by molar-refractivity contribution is 9.11. The predicted octanol–water partition coefficient (Wildman–Crippen LogP) is 5.22. The molecule has 0 saturated heterocycles. The second-order valence-corrected chi connectivity index (χ2v) is 5.84. The molecule has 0 bridgehead atoms. The van der Waals surface area contributed by atoms with Crippen molar-refractivity contribution in [3.8, 4) is 17.2 Å². The van der Waals surface area contributed by atoms with Crippen molar-refractivity contribution < 1.29 is 14.3 Å². The van der Waals surface area contributed by atoms with Gasteiger partial charge < -0.3 is 9.47 Å². The molecule has 2 aromatic carbocycles. The average Bonchev–Trinajstić information content (AvgIpc) is 2.41. The molecule has 0 amide bonds. The molecule has 0 aliphatic carbocycles. The third-order valence-corrected chi connectivity index (χ3v) is 3.79. The van der Waals surface area contributed by atoms with E-state index in [-0.39, 0.29) is 5.78 Å². The average molecular weight is 400 g/mol. The van der Waals surface area contributed by atoms with Crippen molar-refractivity contribution in [2.45, 2.75) is 6.92 Å². The number of hydrogen-bond acceptors (Lipinski definition) is 3. The minimum atomic E-state index is -0.106. The Morgan fingerprint density at radius 1 is 1.05 bits per heavy atom. The number of carbonyl (C=O) groups is 1. The molecule has 0 fully saturated rings. The first kappa shape index (κ1) is 15.1. The second-order valence-electron chi connectivity index (χ2n) is 4.07. The molecular formula is C15H12Br2O3. The summed E-state index contributed by atoms with van der Waals surface area (Å²) >= 11 is 6.81. The first-order valence-corrected chi connectivity index (χ1v) is 7.42. The van der Waals surface area contributed by atoms with Crippen molar-refractivity contribution in [3.63, 3.8) is 0 Å². The summed E-state index contributed by atoms with van der Waals surface area (Å²) < 4.78 is 12.8. The number of ketones is 1. The Morgan fingerprint density at radius 3 is 2.35 bits per heavy atom. The molecule has 0 unspecified atom stereocenters. The lowest BCUT2D eigenvalue weighted by atomic mass is 10.1. The normalized spacial score (nSPS) is 10.2. The van der Waals surface area contributed by atoms with Gasteiger partial charge in [0.05, 0.1) is 11.6 Å². The van der Waals surface area contributed by atoms with Gasteiger partial charge in [0.2, 0.25) is 0 Å². The van der Waals surface area contributed by atoms with Crippen LogP contribution < -0.4 is 9.47 Å². The van der Waals surface area contributed by atoms with Crippen LogP contribution in [0, 0.1) is 0 Å². The van der Waals surface area contributed by atoms with E-state index in [1.807, 2.05) is 18.2 Å². The van der Waals surface area contributed by atoms with E-state index >= 15 is 0 Å². The molecule has 3 nitrogen and oxygen atoms in total. The highest BCUT2D eigenvalue weighted by Gasteiger charge is 2.16. The third-order valence-electron chi connectivity index (χ3n) is 2.67. The first-order valence-electron chi connectivity index (χ1n) is 5.83. The van der Waals surface area contributed by atoms with Crippen LogP contribution in [0.5, 0.6) is 17.2 Å². The summed E-state index contributed by atoms with van der Waals surface area (Å²) in [6.07, 6.45) is 0. The topological polar surface area (TPSA) is 35.5 Å². The molecule has 5 heteroatoms. The zero-order valence-corrected chi connectivity index (χ0v) is 14.1. The Labute approximate surface area is 134 Å². The molecule has 0 N–H and O–H groups in total. The Balaban J connectivity index is 2.45. The molecule has 0 aliphatic heterocycles. The lowest BCUT2D eigenvalue weighted by molar-refractivity contribution is 0.101. The smallest absolute Gasteiger partial charge is 0.167 e. The van der Waals surface area contributed by atoms with Gasteiger partial charge in [0.25, 0.3) is 0 Å². The van der Waals surface area contributed by atoms with Crippen LogP contribution in [-0.2, 0) is 0 Å². The number of benzene rings is 2. The Kier molecular flexibility index (Phi) is 4.83. The number of ether oxygens (including phenoxy) is 2. The van der Waals surface area contributed by atoms with Gasteiger partial charge in [0, 0.05) is 4.47 Å². The molecule has 20 heavy (non-hydrogen) atoms. The van der Waals surface area contributed by atoms with E-state index in [0.717, 1.165) is 8.95 Å². The molecule has 0 heterocycles. The monoisotopic (exact) mass is 398 g/mol. The van der Waals surface area contributed by atoms with E-state index in [1.54, 1.807) is 18.2 Å². The molecule has 0 saturated carbocycles. The maximum atomic E-state index is 11.8. The quantitative estimate of drug-likeness (QED) is 0.661. The third kappa shape index (κ3) is 3.22. The molecule has 0 aromatic heterocycles. The van der Waals surface area contributed by atoms with Crippen molar-refractivity contribution in [1.82, 2.24) is 0 Å². The van der Waals surface area contributed by atoms with Crippen LogP contribution in [0.2, 0.25) is 0 Å². The van der Waals surface area contributed by atoms with Crippen molar-refractivity contribution in [2.24, 2.45) is 0 Å². The van der Waals surface area contributed by atoms with Crippen LogP contribution in [0.4, 0.5) is 0 Å². The molecule has 0 aliphatic rings. The van der Waals surface area contributed by atoms with Crippen LogP contribution in [0.25, 0.3) is 0 Å². The number of rotatable bonds is 4. The standard InChI is InChI=1S/C15H12Br2O3/c1-9(18)15-13(19-2)4-3-5-14(15)20-12-7-6-10(16)8-11(12)17/h3-8H,1-2H3. The van der Waals surface area contributed by atoms with Gasteiger partial charge in [-0.15, -0.1) is 0 Å². The fraction of sp³-hybridized carbons (Fsp3) is 0.133. The summed E-state index contributed by atoms with van der Waals surface area (Å²) in [5.41, 5.74) is 0.435. The van der Waals surface area contributed by atoms with Gasteiger partial charge in [0.1, 0.15) is 22.8 Å². The summed E-state index contributed by atoms with van der Waals surface area (Å²) in [5, 5.41) is 0. The second kappa shape index (κ2) is 6.41. The van der Waals surface area contributed by atoms with E-state index < -0.39 is 0 Å². The van der Waals surface area contributed by atoms with Crippen LogP contribution in [0.15, 0.2) is 45.3 Å². The summed E-state index contributed by atoms with van der Waals surface area (Å²) in [4.78, 5) is 11.8. The zero-order chi connectivity index (χ0) is 14.7. The maximum Gasteiger partial charge on any atom is 0.167 e. The fourth-order valence-corrected chi connectivity index (χ4v) is 2.92. The molecule has 2 rings (SSSR count). The molecule has 2 aromatic rings. The van der Waals surface area contributed by atoms with Gasteiger partial charge in [-0.05, 0) is 53.2 Å². The Morgan fingerprint density at radius 2 is 1.75 bits per heavy atom. The Bertz CT molecular complexity index is 654. The van der Waals surface area contributed by atoms with E-state index in [4.69, 9.17) is 9.47 Å². The van der Waals surface area contributed by atoms with Crippen LogP contribution in [0.1, 0.15) is 17.3 Å². The minimum absolute atomic E-state index is 0.106. The van der Waals surface area contributed by atoms with E-state index in [9.17, 15) is 4.79 Å². The molecule has 104 valence electrons. The van der Waals surface area contributed by atoms with Crippen LogP contribution in [0.3, 0.4) is 0 Å². The highest BCUT2D eigenvalue weighted by atomic mass is 79.9. The number of Topliss-reactive ketones (excluding diaryl/α,β-unsaturated/α-hetero) is 1. The number of methoxy groups -OCH3 is 1. The largest absolute Gasteiger partial charge is 0.496 e. The van der Waals surface area contributed by atoms with Crippen LogP contribution in [-0.4, -0.2) is 12.9 Å².